The summed E-state index contributed by atoms with van der Waals surface area (Å²) >= 11 is 0. The average Bonchev–Trinajstić information content (AvgIpc) is 2.34. The Balaban J connectivity index is 2.58. The van der Waals surface area contributed by atoms with E-state index in [2.05, 4.69) is 5.32 Å². The van der Waals surface area contributed by atoms with E-state index in [1.165, 1.54) is 0 Å². The summed E-state index contributed by atoms with van der Waals surface area (Å²) in [6.45, 7) is 1.35. The van der Waals surface area contributed by atoms with Gasteiger partial charge >= 0.3 is 18.2 Å². The number of nitrogens with zero attached hydrogens (tertiary/aromatic N) is 1. The van der Waals surface area contributed by atoms with Crippen molar-refractivity contribution in [1.82, 2.24) is 10.2 Å². The van der Waals surface area contributed by atoms with Crippen LogP contribution in [-0.2, 0) is 4.79 Å². The third-order valence-electron chi connectivity index (χ3n) is 2.86. The van der Waals surface area contributed by atoms with Crippen LogP contribution < -0.4 is 5.32 Å². The largest absolute Gasteiger partial charge is 0.480 e. The van der Waals surface area contributed by atoms with Gasteiger partial charge in [0, 0.05) is 18.7 Å². The maximum atomic E-state index is 12.4. The molecule has 1 aliphatic heterocycles. The molecule has 0 unspecified atom stereocenters. The summed E-state index contributed by atoms with van der Waals surface area (Å²) < 4.78 is 37.1. The number of alkyl halides is 3. The van der Waals surface area contributed by atoms with E-state index in [9.17, 15) is 22.8 Å². The quantitative estimate of drug-likeness (QED) is 0.774. The van der Waals surface area contributed by atoms with E-state index in [4.69, 9.17) is 5.11 Å². The van der Waals surface area contributed by atoms with E-state index in [1.807, 2.05) is 0 Å². The zero-order valence-electron chi connectivity index (χ0n) is 10.3. The highest BCUT2D eigenvalue weighted by Crippen LogP contribution is 2.30. The zero-order chi connectivity index (χ0) is 14.6. The van der Waals surface area contributed by atoms with Crippen molar-refractivity contribution >= 4 is 12.0 Å². The fourth-order valence-corrected chi connectivity index (χ4v) is 1.69. The number of carboxylic acid groups (broad SMARTS) is 1. The number of hydrogen-bond donors (Lipinski definition) is 2. The number of amides is 2. The van der Waals surface area contributed by atoms with E-state index < -0.39 is 29.8 Å². The molecule has 5 nitrogen and oxygen atoms in total. The lowest BCUT2D eigenvalue weighted by Gasteiger charge is -2.28. The van der Waals surface area contributed by atoms with E-state index in [-0.39, 0.29) is 25.9 Å². The van der Waals surface area contributed by atoms with E-state index in [0.29, 0.717) is 0 Å². The van der Waals surface area contributed by atoms with Gasteiger partial charge in [-0.05, 0) is 12.8 Å². The normalized spacial score (nSPS) is 17.7. The zero-order valence-corrected chi connectivity index (χ0v) is 10.3. The molecule has 0 aromatic heterocycles. The van der Waals surface area contributed by atoms with Crippen LogP contribution in [0, 0.1) is 0 Å². The second-order valence-corrected chi connectivity index (χ2v) is 4.17. The first-order chi connectivity index (χ1) is 8.75. The summed E-state index contributed by atoms with van der Waals surface area (Å²) in [6.07, 6.45) is -3.49. The lowest BCUT2D eigenvalue weighted by Crippen LogP contribution is -2.49. The van der Waals surface area contributed by atoms with Crippen LogP contribution >= 0.6 is 0 Å². The fraction of sp³-hybridized carbons (Fsp3) is 0.636. The van der Waals surface area contributed by atoms with Gasteiger partial charge in [0.05, 0.1) is 0 Å². The number of hydrogen-bond acceptors (Lipinski definition) is 2. The Kier molecular flexibility index (Phi) is 4.79. The summed E-state index contributed by atoms with van der Waals surface area (Å²) in [4.78, 5) is 23.6. The Hall–Kier alpha value is -1.73. The Bertz CT molecular complexity index is 393. The number of carbonyl (C=O) groups is 2. The molecule has 108 valence electrons. The monoisotopic (exact) mass is 280 g/mol. The SMILES string of the molecule is CC[C@@H](NC(=O)N1CC=C(C(F)(F)F)CC1)C(=O)O. The molecular weight excluding hydrogens is 265 g/mol. The van der Waals surface area contributed by atoms with E-state index in [0.717, 1.165) is 11.0 Å². The summed E-state index contributed by atoms with van der Waals surface area (Å²) in [5.74, 6) is -1.17. The van der Waals surface area contributed by atoms with Crippen molar-refractivity contribution in [3.05, 3.63) is 11.6 Å². The molecule has 0 aromatic carbocycles. The Labute approximate surface area is 108 Å². The molecule has 0 bridgehead atoms. The van der Waals surface area contributed by atoms with Gasteiger partial charge < -0.3 is 15.3 Å². The van der Waals surface area contributed by atoms with Crippen LogP contribution in [-0.4, -0.2) is 47.3 Å². The summed E-state index contributed by atoms with van der Waals surface area (Å²) in [6, 6.07) is -1.69. The lowest BCUT2D eigenvalue weighted by atomic mass is 10.1. The highest BCUT2D eigenvalue weighted by atomic mass is 19.4. The number of aliphatic carboxylic acids is 1. The molecule has 0 saturated heterocycles. The third kappa shape index (κ3) is 4.15. The number of urea groups is 1. The molecule has 1 heterocycles. The van der Waals surface area contributed by atoms with Crippen LogP contribution in [0.3, 0.4) is 0 Å². The van der Waals surface area contributed by atoms with Gasteiger partial charge in [0.15, 0.2) is 0 Å². The highest BCUT2D eigenvalue weighted by Gasteiger charge is 2.35. The summed E-state index contributed by atoms with van der Waals surface area (Å²) in [7, 11) is 0. The molecule has 2 amide bonds. The van der Waals surface area contributed by atoms with Crippen LogP contribution in [0.2, 0.25) is 0 Å². The number of halogens is 3. The fourth-order valence-electron chi connectivity index (χ4n) is 1.69. The molecule has 2 N–H and O–H groups in total. The van der Waals surface area contributed by atoms with Crippen molar-refractivity contribution in [3.8, 4) is 0 Å². The van der Waals surface area contributed by atoms with Crippen LogP contribution in [0.25, 0.3) is 0 Å². The molecule has 1 atom stereocenters. The second-order valence-electron chi connectivity index (χ2n) is 4.17. The number of carbonyl (C=O) groups excluding carboxylic acids is 1. The molecular formula is C11H15F3N2O3. The Morgan fingerprint density at radius 3 is 2.53 bits per heavy atom. The smallest absolute Gasteiger partial charge is 0.412 e. The molecule has 0 spiro atoms. The van der Waals surface area contributed by atoms with Gasteiger partial charge in [-0.3, -0.25) is 0 Å². The summed E-state index contributed by atoms with van der Waals surface area (Å²) in [5, 5.41) is 11.0. The molecule has 19 heavy (non-hydrogen) atoms. The molecule has 0 aliphatic carbocycles. The second kappa shape index (κ2) is 5.94. The van der Waals surface area contributed by atoms with Crippen molar-refractivity contribution < 1.29 is 27.9 Å². The first kappa shape index (κ1) is 15.3. The Morgan fingerprint density at radius 1 is 1.53 bits per heavy atom. The minimum atomic E-state index is -4.37. The standard InChI is InChI=1S/C11H15F3N2O3/c1-2-8(9(17)18)15-10(19)16-5-3-7(4-6-16)11(12,13)14/h3,8H,2,4-6H2,1H3,(H,15,19)(H,17,18)/t8-/m1/s1. The number of carboxylic acids is 1. The van der Waals surface area contributed by atoms with Crippen molar-refractivity contribution in [1.29, 1.82) is 0 Å². The molecule has 1 aliphatic rings. The van der Waals surface area contributed by atoms with Crippen LogP contribution in [0.4, 0.5) is 18.0 Å². The minimum Gasteiger partial charge on any atom is -0.480 e. The van der Waals surface area contributed by atoms with E-state index >= 15 is 0 Å². The van der Waals surface area contributed by atoms with Crippen molar-refractivity contribution in [3.63, 3.8) is 0 Å². The van der Waals surface area contributed by atoms with Gasteiger partial charge in [-0.25, -0.2) is 9.59 Å². The van der Waals surface area contributed by atoms with Gasteiger partial charge in [-0.15, -0.1) is 0 Å². The van der Waals surface area contributed by atoms with Gasteiger partial charge in [-0.1, -0.05) is 13.0 Å². The number of nitrogens with one attached hydrogen (secondary N) is 1. The van der Waals surface area contributed by atoms with Crippen molar-refractivity contribution in [2.24, 2.45) is 0 Å². The molecule has 8 heteroatoms. The van der Waals surface area contributed by atoms with Crippen molar-refractivity contribution in [2.45, 2.75) is 32.0 Å². The molecule has 0 fully saturated rings. The van der Waals surface area contributed by atoms with Gasteiger partial charge in [0.1, 0.15) is 6.04 Å². The lowest BCUT2D eigenvalue weighted by molar-refractivity contribution is -0.139. The van der Waals surface area contributed by atoms with Gasteiger partial charge in [0.25, 0.3) is 0 Å². The van der Waals surface area contributed by atoms with Crippen LogP contribution in [0.15, 0.2) is 11.6 Å². The first-order valence-corrected chi connectivity index (χ1v) is 5.80. The molecule has 1 rings (SSSR count). The topological polar surface area (TPSA) is 69.6 Å². The average molecular weight is 280 g/mol. The maximum absolute atomic E-state index is 12.4. The van der Waals surface area contributed by atoms with Crippen LogP contribution in [0.5, 0.6) is 0 Å². The van der Waals surface area contributed by atoms with E-state index in [1.54, 1.807) is 6.92 Å². The van der Waals surface area contributed by atoms with Gasteiger partial charge in [0.2, 0.25) is 0 Å². The minimum absolute atomic E-state index is 0.0762. The molecule has 0 radical (unpaired) electrons. The predicted molar refractivity (Wildman–Crippen MR) is 60.6 cm³/mol. The molecule has 0 aromatic rings. The first-order valence-electron chi connectivity index (χ1n) is 5.80. The molecule has 0 saturated carbocycles. The predicted octanol–water partition coefficient (Wildman–Crippen LogP) is 1.75. The van der Waals surface area contributed by atoms with Crippen molar-refractivity contribution in [2.75, 3.05) is 13.1 Å². The van der Waals surface area contributed by atoms with Crippen LogP contribution in [0.1, 0.15) is 19.8 Å². The summed E-state index contributed by atoms with van der Waals surface area (Å²) in [5.41, 5.74) is -0.651. The third-order valence-corrected chi connectivity index (χ3v) is 2.86. The Morgan fingerprint density at radius 2 is 2.16 bits per heavy atom. The number of rotatable bonds is 3. The highest BCUT2D eigenvalue weighted by molar-refractivity contribution is 5.82. The van der Waals surface area contributed by atoms with Gasteiger partial charge in [-0.2, -0.15) is 13.2 Å². The maximum Gasteiger partial charge on any atom is 0.412 e.